The Hall–Kier alpha value is -4.56. The summed E-state index contributed by atoms with van der Waals surface area (Å²) in [5, 5.41) is 26.3. The number of aryl methyl sites for hydroxylation is 3. The molecule has 2 aromatic heterocycles. The fourth-order valence-corrected chi connectivity index (χ4v) is 6.97. The van der Waals surface area contributed by atoms with Gasteiger partial charge in [0.05, 0.1) is 35.1 Å². The fraction of sp³-hybridized carbons (Fsp3) is 0.300. The molecule has 0 bridgehead atoms. The zero-order valence-electron chi connectivity index (χ0n) is 24.3. The van der Waals surface area contributed by atoms with Crippen molar-refractivity contribution in [2.75, 3.05) is 17.7 Å². The number of fused-ring (bicyclic) bond motifs is 1. The summed E-state index contributed by atoms with van der Waals surface area (Å²) < 4.78 is 7.07. The van der Waals surface area contributed by atoms with E-state index in [1.54, 1.807) is 11.5 Å². The van der Waals surface area contributed by atoms with Crippen LogP contribution in [0.5, 0.6) is 0 Å². The lowest BCUT2D eigenvalue weighted by Gasteiger charge is -2.14. The molecule has 1 aliphatic carbocycles. The van der Waals surface area contributed by atoms with Crippen molar-refractivity contribution in [3.8, 4) is 5.69 Å². The Bertz CT molecular complexity index is 1750. The van der Waals surface area contributed by atoms with Gasteiger partial charge < -0.3 is 15.4 Å². The van der Waals surface area contributed by atoms with E-state index in [0.717, 1.165) is 46.5 Å². The molecule has 5 rings (SSSR count). The topological polar surface area (TPSA) is 158 Å². The molecule has 0 radical (unpaired) electrons. The molecule has 14 heteroatoms. The molecule has 12 nitrogen and oxygen atoms in total. The minimum absolute atomic E-state index is 0.00296. The standard InChI is InChI=1S/C30H30N6O6S2/c1-4-42-29(39)26-21-6-5-7-23(21)44-28(26)32-25(37)16-43-30-34-33-24(35(30)22-14-17(2)8-9-18(22)3)15-31-27(38)19-10-12-20(13-11-19)36(40)41/h8-14H,4-7,15-16H2,1-3H3,(H,31,38)(H,32,37). The molecule has 0 aliphatic heterocycles. The molecule has 0 unspecified atom stereocenters. The second kappa shape index (κ2) is 13.4. The smallest absolute Gasteiger partial charge is 0.341 e. The molecular weight excluding hydrogens is 605 g/mol. The number of aromatic nitrogens is 3. The molecule has 0 spiro atoms. The number of non-ortho nitro benzene ring substituents is 1. The van der Waals surface area contributed by atoms with Crippen LogP contribution in [0, 0.1) is 24.0 Å². The molecule has 2 amide bonds. The summed E-state index contributed by atoms with van der Waals surface area (Å²) in [6.45, 7) is 5.93. The van der Waals surface area contributed by atoms with Crippen molar-refractivity contribution in [1.29, 1.82) is 0 Å². The first-order valence-corrected chi connectivity index (χ1v) is 15.7. The molecule has 2 aromatic carbocycles. The van der Waals surface area contributed by atoms with Crippen LogP contribution in [0.25, 0.3) is 5.69 Å². The Morgan fingerprint density at radius 1 is 1.11 bits per heavy atom. The number of nitro benzene ring substituents is 1. The highest BCUT2D eigenvalue weighted by Gasteiger charge is 2.28. The maximum Gasteiger partial charge on any atom is 0.341 e. The van der Waals surface area contributed by atoms with Gasteiger partial charge in [-0.25, -0.2) is 4.79 Å². The van der Waals surface area contributed by atoms with E-state index in [1.165, 1.54) is 47.4 Å². The van der Waals surface area contributed by atoms with Gasteiger partial charge in [-0.3, -0.25) is 24.3 Å². The summed E-state index contributed by atoms with van der Waals surface area (Å²) in [7, 11) is 0. The highest BCUT2D eigenvalue weighted by molar-refractivity contribution is 7.99. The van der Waals surface area contributed by atoms with E-state index in [0.29, 0.717) is 21.5 Å². The summed E-state index contributed by atoms with van der Waals surface area (Å²) in [5.74, 6) is -0.711. The van der Waals surface area contributed by atoms with Gasteiger partial charge in [0, 0.05) is 22.6 Å². The van der Waals surface area contributed by atoms with Crippen molar-refractivity contribution in [2.24, 2.45) is 0 Å². The number of ether oxygens (including phenoxy) is 1. The molecule has 44 heavy (non-hydrogen) atoms. The van der Waals surface area contributed by atoms with Gasteiger partial charge in [0.25, 0.3) is 11.6 Å². The van der Waals surface area contributed by atoms with Crippen LogP contribution in [-0.4, -0.2) is 49.8 Å². The van der Waals surface area contributed by atoms with Crippen molar-refractivity contribution >= 4 is 51.6 Å². The van der Waals surface area contributed by atoms with Gasteiger partial charge in [0.15, 0.2) is 11.0 Å². The third-order valence-corrected chi connectivity index (χ3v) is 9.18. The lowest BCUT2D eigenvalue weighted by molar-refractivity contribution is -0.384. The van der Waals surface area contributed by atoms with Gasteiger partial charge in [-0.2, -0.15) is 0 Å². The number of nitrogens with one attached hydrogen (secondary N) is 2. The zero-order chi connectivity index (χ0) is 31.4. The molecule has 0 saturated carbocycles. The van der Waals surface area contributed by atoms with Crippen LogP contribution >= 0.6 is 23.1 Å². The summed E-state index contributed by atoms with van der Waals surface area (Å²) in [4.78, 5) is 50.1. The monoisotopic (exact) mass is 634 g/mol. The minimum Gasteiger partial charge on any atom is -0.462 e. The number of benzene rings is 2. The van der Waals surface area contributed by atoms with E-state index in [2.05, 4.69) is 20.8 Å². The van der Waals surface area contributed by atoms with Crippen molar-refractivity contribution in [1.82, 2.24) is 20.1 Å². The van der Waals surface area contributed by atoms with Crippen LogP contribution in [-0.2, 0) is 28.9 Å². The molecule has 0 saturated heterocycles. The number of nitrogens with zero attached hydrogens (tertiary/aromatic N) is 4. The largest absolute Gasteiger partial charge is 0.462 e. The van der Waals surface area contributed by atoms with E-state index >= 15 is 0 Å². The van der Waals surface area contributed by atoms with Gasteiger partial charge in [-0.05, 0) is 74.9 Å². The number of nitro groups is 1. The Balaban J connectivity index is 1.34. The minimum atomic E-state index is -0.528. The Morgan fingerprint density at radius 2 is 1.89 bits per heavy atom. The van der Waals surface area contributed by atoms with Crippen molar-refractivity contribution < 1.29 is 24.0 Å². The lowest BCUT2D eigenvalue weighted by Crippen LogP contribution is -2.24. The first-order valence-electron chi connectivity index (χ1n) is 13.9. The average Bonchev–Trinajstić information content (AvgIpc) is 3.71. The predicted molar refractivity (Wildman–Crippen MR) is 167 cm³/mol. The number of esters is 1. The van der Waals surface area contributed by atoms with Gasteiger partial charge in [-0.15, -0.1) is 21.5 Å². The van der Waals surface area contributed by atoms with E-state index in [9.17, 15) is 24.5 Å². The summed E-state index contributed by atoms with van der Waals surface area (Å²) in [6.07, 6.45) is 2.63. The molecule has 2 heterocycles. The van der Waals surface area contributed by atoms with Crippen molar-refractivity contribution in [3.05, 3.63) is 91.1 Å². The lowest BCUT2D eigenvalue weighted by atomic mass is 10.1. The van der Waals surface area contributed by atoms with Crippen LogP contribution in [0.3, 0.4) is 0 Å². The third kappa shape index (κ3) is 6.65. The molecule has 228 valence electrons. The van der Waals surface area contributed by atoms with Gasteiger partial charge >= 0.3 is 5.97 Å². The van der Waals surface area contributed by atoms with Gasteiger partial charge in [0.1, 0.15) is 5.00 Å². The number of carbonyl (C=O) groups is 3. The number of thioether (sulfide) groups is 1. The molecule has 2 N–H and O–H groups in total. The average molecular weight is 635 g/mol. The first kappa shape index (κ1) is 30.9. The maximum atomic E-state index is 13.1. The highest BCUT2D eigenvalue weighted by Crippen LogP contribution is 2.39. The Morgan fingerprint density at radius 3 is 2.61 bits per heavy atom. The van der Waals surface area contributed by atoms with Crippen LogP contribution < -0.4 is 10.6 Å². The molecule has 0 atom stereocenters. The van der Waals surface area contributed by atoms with E-state index in [1.807, 2.05) is 32.0 Å². The van der Waals surface area contributed by atoms with Crippen molar-refractivity contribution in [2.45, 2.75) is 51.7 Å². The Kier molecular flexibility index (Phi) is 9.40. The quantitative estimate of drug-likeness (QED) is 0.0981. The van der Waals surface area contributed by atoms with Crippen molar-refractivity contribution in [3.63, 3.8) is 0 Å². The SMILES string of the molecule is CCOC(=O)c1c(NC(=O)CSc2nnc(CNC(=O)c3ccc([N+](=O)[O-])cc3)n2-c2cc(C)ccc2C)sc2c1CCC2. The van der Waals surface area contributed by atoms with E-state index in [4.69, 9.17) is 4.74 Å². The molecular formula is C30H30N6O6S2. The van der Waals surface area contributed by atoms with Crippen LogP contribution in [0.2, 0.25) is 0 Å². The number of hydrogen-bond donors (Lipinski definition) is 2. The van der Waals surface area contributed by atoms with E-state index in [-0.39, 0.29) is 36.1 Å². The Labute approximate surface area is 261 Å². The van der Waals surface area contributed by atoms with Crippen LogP contribution in [0.1, 0.15) is 61.5 Å². The second-order valence-electron chi connectivity index (χ2n) is 10.1. The van der Waals surface area contributed by atoms with Crippen LogP contribution in [0.4, 0.5) is 10.7 Å². The third-order valence-electron chi connectivity index (χ3n) is 7.04. The molecule has 1 aliphatic rings. The van der Waals surface area contributed by atoms with E-state index < -0.39 is 16.8 Å². The number of anilines is 1. The van der Waals surface area contributed by atoms with Crippen LogP contribution in [0.15, 0.2) is 47.6 Å². The predicted octanol–water partition coefficient (Wildman–Crippen LogP) is 5.18. The highest BCUT2D eigenvalue weighted by atomic mass is 32.2. The second-order valence-corrected chi connectivity index (χ2v) is 12.2. The molecule has 0 fully saturated rings. The summed E-state index contributed by atoms with van der Waals surface area (Å²) >= 11 is 2.61. The summed E-state index contributed by atoms with van der Waals surface area (Å²) in [6, 6.07) is 11.2. The number of hydrogen-bond acceptors (Lipinski definition) is 10. The summed E-state index contributed by atoms with van der Waals surface area (Å²) in [5.41, 5.74) is 4.32. The van der Waals surface area contributed by atoms with Gasteiger partial charge in [0.2, 0.25) is 5.91 Å². The number of rotatable bonds is 11. The normalized spacial score (nSPS) is 12.1. The van der Waals surface area contributed by atoms with Gasteiger partial charge in [-0.1, -0.05) is 23.9 Å². The zero-order valence-corrected chi connectivity index (χ0v) is 26.0. The number of thiophene rings is 1. The fourth-order valence-electron chi connectivity index (χ4n) is 4.91. The molecule has 4 aromatic rings. The number of amides is 2. The maximum absolute atomic E-state index is 13.1. The number of carbonyl (C=O) groups excluding carboxylic acids is 3. The first-order chi connectivity index (χ1) is 21.2.